The molecule has 36 heteroatoms. The minimum Gasteiger partial charge on any atom is -1.00 e. The van der Waals surface area contributed by atoms with Crippen molar-refractivity contribution >= 4 is 65.8 Å². The Kier molecular flexibility index (Phi) is 44.8. The number of phenolic OH excluding ortho intramolecular Hbond substituents is 1. The first kappa shape index (κ1) is 74.4. The van der Waals surface area contributed by atoms with E-state index in [4.69, 9.17) is 56.2 Å². The van der Waals surface area contributed by atoms with Crippen LogP contribution >= 0.6 is 0 Å². The summed E-state index contributed by atoms with van der Waals surface area (Å²) in [4.78, 5) is 125. The van der Waals surface area contributed by atoms with Crippen LogP contribution in [-0.2, 0) is 33.5 Å². The number of aliphatic carboxylic acids is 4. The second-order valence-electron chi connectivity index (χ2n) is 12.5. The molecule has 2 aliphatic heterocycles. The summed E-state index contributed by atoms with van der Waals surface area (Å²) in [7, 11) is 1.31. The number of carbonyl (C=O) groups is 11. The number of methoxy groups -OCH3 is 1. The molecule has 10 amide bonds. The average molecular weight is 1040 g/mol. The van der Waals surface area contributed by atoms with Crippen molar-refractivity contribution in [1.29, 1.82) is 0 Å². The summed E-state index contributed by atoms with van der Waals surface area (Å²) in [6.07, 6.45) is -3.81. The van der Waals surface area contributed by atoms with Crippen LogP contribution in [-0.4, -0.2) is 246 Å². The Bertz CT molecular complexity index is 1710. The van der Waals surface area contributed by atoms with Crippen LogP contribution in [0.15, 0.2) is 24.3 Å². The van der Waals surface area contributed by atoms with E-state index in [0.29, 0.717) is 15.4 Å². The third-order valence-electron chi connectivity index (χ3n) is 7.32. The molecule has 384 valence electrons. The summed E-state index contributed by atoms with van der Waals surface area (Å²) >= 11 is 0. The minimum absolute atomic E-state index is 0. The molecule has 0 radical (unpaired) electrons. The van der Waals surface area contributed by atoms with Gasteiger partial charge in [0.15, 0.2) is 12.3 Å². The Labute approximate surface area is 467 Å². The topological polar surface area (TPSA) is 505 Å². The molecule has 70 heavy (non-hydrogen) atoms. The molecule has 0 aromatic heterocycles. The average Bonchev–Trinajstić information content (AvgIpc) is 3.68. The Morgan fingerprint density at radius 1 is 0.657 bits per heavy atom. The van der Waals surface area contributed by atoms with E-state index < -0.39 is 131 Å². The van der Waals surface area contributed by atoms with Gasteiger partial charge in [-0.3, -0.25) is 59.0 Å². The number of esters is 1. The van der Waals surface area contributed by atoms with E-state index in [1.165, 1.54) is 31.4 Å². The molecule has 17 N–H and O–H groups in total. The number of urea groups is 4. The molecular weight excluding hydrogens is 985 g/mol. The summed E-state index contributed by atoms with van der Waals surface area (Å²) in [5.41, 5.74) is 0.435. The van der Waals surface area contributed by atoms with Crippen molar-refractivity contribution in [2.45, 2.75) is 25.4 Å². The van der Waals surface area contributed by atoms with Gasteiger partial charge in [-0.1, -0.05) is 0 Å². The number of hydrogen-bond donors (Lipinski definition) is 17. The first-order valence-corrected chi connectivity index (χ1v) is 18.7. The summed E-state index contributed by atoms with van der Waals surface area (Å²) < 4.78 is 4.46. The molecule has 33 nitrogen and oxygen atoms in total. The number of carboxylic acid groups (broad SMARTS) is 4. The van der Waals surface area contributed by atoms with Gasteiger partial charge in [0, 0.05) is 19.7 Å². The molecule has 0 bridgehead atoms. The maximum Gasteiger partial charge on any atom is 1.00 e. The molecule has 2 heterocycles. The van der Waals surface area contributed by atoms with Gasteiger partial charge in [0.1, 0.15) is 25.3 Å². The predicted molar refractivity (Wildman–Crippen MR) is 220 cm³/mol. The van der Waals surface area contributed by atoms with Crippen molar-refractivity contribution in [1.82, 2.24) is 51.5 Å². The Hall–Kier alpha value is -4.53. The monoisotopic (exact) mass is 1040 g/mol. The van der Waals surface area contributed by atoms with Gasteiger partial charge in [0.2, 0.25) is 0 Å². The summed E-state index contributed by atoms with van der Waals surface area (Å²) in [6, 6.07) is 2.20. The number of benzene rings is 1. The van der Waals surface area contributed by atoms with Crippen LogP contribution in [0, 0.1) is 0 Å². The molecule has 2 saturated heterocycles. The van der Waals surface area contributed by atoms with Gasteiger partial charge >= 0.3 is 143 Å². The Morgan fingerprint density at radius 3 is 1.21 bits per heavy atom. The second-order valence-corrected chi connectivity index (χ2v) is 12.5. The third kappa shape index (κ3) is 33.1. The number of carbonyl (C=O) groups excluding carboxylic acids is 7. The number of carboxylic acids is 4. The van der Waals surface area contributed by atoms with Crippen LogP contribution in [0.25, 0.3) is 0 Å². The van der Waals surface area contributed by atoms with E-state index >= 15 is 0 Å². The van der Waals surface area contributed by atoms with Crippen LogP contribution in [0.4, 0.5) is 19.2 Å². The number of hydrogen-bond acceptors (Lipinski definition) is 21. The van der Waals surface area contributed by atoms with Crippen molar-refractivity contribution in [2.24, 2.45) is 0 Å². The zero-order valence-electron chi connectivity index (χ0n) is 41.6. The van der Waals surface area contributed by atoms with Gasteiger partial charge in [-0.25, -0.2) is 24.0 Å². The maximum absolute atomic E-state index is 11.7. The van der Waals surface area contributed by atoms with Crippen LogP contribution in [0.1, 0.15) is 21.6 Å². The molecule has 0 aliphatic carbocycles. The van der Waals surface area contributed by atoms with Gasteiger partial charge in [0.25, 0.3) is 11.8 Å². The normalized spacial score (nSPS) is 14.0. The molecule has 1 aromatic carbocycles. The number of amides is 10. The van der Waals surface area contributed by atoms with Gasteiger partial charge < -0.3 is 86.5 Å². The van der Waals surface area contributed by atoms with Gasteiger partial charge in [-0.15, -0.1) is 0 Å². The van der Waals surface area contributed by atoms with E-state index in [0.717, 1.165) is 9.80 Å². The summed E-state index contributed by atoms with van der Waals surface area (Å²) in [6.45, 7) is -3.13. The van der Waals surface area contributed by atoms with Crippen molar-refractivity contribution in [3.05, 3.63) is 29.8 Å². The number of aliphatic hydroxyl groups is 6. The SMILES string of the molecule is CCO.COC(=O)c1ccc(O)cc1.O=C(NCNC(=O)NC1C(=O)NC(=O)N1CO)NC1C(=O)NC(=O)N1CO.O=C(O)CN(CCN(CC(=O)O)CC(=O)O)CC(=O)O.OCC(O)CO.[H-].[H-].[H-].[Na+].[Na+].[Na+]. The molecular formula is C34H57N10Na3O23. The molecule has 2 unspecified atom stereocenters. The quantitative estimate of drug-likeness (QED) is 0.0250. The summed E-state index contributed by atoms with van der Waals surface area (Å²) in [5.74, 6) is -6.87. The molecule has 2 aliphatic rings. The number of aliphatic hydroxyl groups excluding tert-OH is 6. The smallest absolute Gasteiger partial charge is 1.00 e. The van der Waals surface area contributed by atoms with Gasteiger partial charge in [-0.2, -0.15) is 0 Å². The van der Waals surface area contributed by atoms with Crippen molar-refractivity contribution < 1.29 is 207 Å². The van der Waals surface area contributed by atoms with Gasteiger partial charge in [-0.05, 0) is 31.2 Å². The minimum atomic E-state index is -1.43. The molecule has 3 rings (SSSR count). The number of nitrogens with zero attached hydrogens (tertiary/aromatic N) is 4. The van der Waals surface area contributed by atoms with Crippen LogP contribution in [0.3, 0.4) is 0 Å². The third-order valence-corrected chi connectivity index (χ3v) is 7.32. The van der Waals surface area contributed by atoms with Crippen LogP contribution in [0.2, 0.25) is 0 Å². The number of nitrogens with one attached hydrogen (secondary N) is 6. The molecule has 1 aromatic rings. The number of aromatic hydroxyl groups is 1. The number of imide groups is 2. The molecule has 0 saturated carbocycles. The Balaban J connectivity index is -0.000000135. The zero-order valence-corrected chi connectivity index (χ0v) is 44.6. The predicted octanol–water partition coefficient (Wildman–Crippen LogP) is -16.0. The van der Waals surface area contributed by atoms with Crippen LogP contribution in [0.5, 0.6) is 5.75 Å². The Morgan fingerprint density at radius 2 is 0.971 bits per heavy atom. The fourth-order valence-electron chi connectivity index (χ4n) is 4.39. The largest absolute Gasteiger partial charge is 1.00 e. The molecule has 2 fully saturated rings. The number of ether oxygens (including phenoxy) is 1. The van der Waals surface area contributed by atoms with E-state index in [1.807, 2.05) is 10.6 Å². The molecule has 0 spiro atoms. The van der Waals surface area contributed by atoms with Crippen LogP contribution < -0.4 is 121 Å². The van der Waals surface area contributed by atoms with E-state index in [-0.39, 0.29) is 132 Å². The number of rotatable bonds is 20. The van der Waals surface area contributed by atoms with Gasteiger partial charge in [0.05, 0.1) is 58.7 Å². The van der Waals surface area contributed by atoms with E-state index in [2.05, 4.69) is 26.0 Å². The van der Waals surface area contributed by atoms with Crippen molar-refractivity contribution in [2.75, 3.05) is 86.3 Å². The van der Waals surface area contributed by atoms with E-state index in [1.54, 1.807) is 6.92 Å². The van der Waals surface area contributed by atoms with Crippen molar-refractivity contribution in [3.63, 3.8) is 0 Å². The zero-order chi connectivity index (χ0) is 51.8. The van der Waals surface area contributed by atoms with Crippen molar-refractivity contribution in [3.8, 4) is 5.75 Å². The second kappa shape index (κ2) is 42.2. The fourth-order valence-corrected chi connectivity index (χ4v) is 4.39. The number of phenols is 1. The first-order chi connectivity index (χ1) is 31.4. The summed E-state index contributed by atoms with van der Waals surface area (Å²) in [5, 5.41) is 105. The maximum atomic E-state index is 11.7. The standard InChI is InChI=1S/C11H16N8O8.C10H16N2O8.C8H8O3.C3H8O3.C2H6O.3Na.3H/c20-2-18-4(6(22)16-10(18)26)14-8(24)12-1-13-9(25)15-5-7(23)17-11(27)19(5)3-21;13-7(14)3-11(4-8(15)16)1-2-12(5-9(17)18)6-10(19)20;1-11-8(10)6-2-4-7(9)5-3-6;4-1-3(6)2-5;1-2-3;;;;;;/h4-5,20-21H,1-3H2,(H2,12,14,24)(H2,13,15,25)(H,16,22,26)(H,17,23,27);1-6H2,(H,13,14)(H,15,16)(H,17,18)(H,19,20);2-5,9H,1H3;3-6H,1-2H2;3H,2H2,1H3;;;;;;/q;;;;;3*+1;3*-1. The first-order valence-electron chi connectivity index (χ1n) is 18.7. The fraction of sp³-hybridized carbons (Fsp3) is 0.500. The molecule has 2 atom stereocenters. The van der Waals surface area contributed by atoms with E-state index in [9.17, 15) is 52.7 Å².